The Bertz CT molecular complexity index is 541. The molecule has 0 aromatic heterocycles. The lowest BCUT2D eigenvalue weighted by molar-refractivity contribution is 0.867. The van der Waals surface area contributed by atoms with Crippen LogP contribution in [-0.2, 0) is 6.54 Å². The number of rotatable bonds is 3. The lowest BCUT2D eigenvalue weighted by atomic mass is 9.95. The van der Waals surface area contributed by atoms with Gasteiger partial charge in [0.1, 0.15) is 0 Å². The monoisotopic (exact) mass is 239 g/mol. The quantitative estimate of drug-likeness (QED) is 0.851. The van der Waals surface area contributed by atoms with Crippen LogP contribution >= 0.6 is 0 Å². The van der Waals surface area contributed by atoms with Gasteiger partial charge in [0.2, 0.25) is 0 Å². The highest BCUT2D eigenvalue weighted by atomic mass is 14.5. The molecule has 0 saturated heterocycles. The minimum Gasteiger partial charge on any atom is -0.326 e. The van der Waals surface area contributed by atoms with Crippen molar-refractivity contribution < 1.29 is 0 Å². The van der Waals surface area contributed by atoms with Crippen molar-refractivity contribution in [2.24, 2.45) is 5.73 Å². The average Bonchev–Trinajstić information content (AvgIpc) is 2.38. The Morgan fingerprint density at radius 1 is 1.00 bits per heavy atom. The van der Waals surface area contributed by atoms with Crippen LogP contribution in [0, 0.1) is 6.92 Å². The number of hydrogen-bond donors (Lipinski definition) is 1. The molecule has 2 N–H and O–H groups in total. The number of aryl methyl sites for hydroxylation is 1. The molecule has 2 rings (SSSR count). The van der Waals surface area contributed by atoms with Gasteiger partial charge < -0.3 is 5.73 Å². The van der Waals surface area contributed by atoms with Crippen LogP contribution in [0.4, 0.5) is 0 Å². The molecule has 0 unspecified atom stereocenters. The van der Waals surface area contributed by atoms with Gasteiger partial charge in [-0.1, -0.05) is 55.8 Å². The topological polar surface area (TPSA) is 26.0 Å². The molecule has 0 aliphatic heterocycles. The molecule has 0 aliphatic carbocycles. The van der Waals surface area contributed by atoms with Crippen LogP contribution in [0.5, 0.6) is 0 Å². The second-order valence-corrected chi connectivity index (χ2v) is 5.19. The van der Waals surface area contributed by atoms with E-state index in [1.165, 1.54) is 27.8 Å². The van der Waals surface area contributed by atoms with E-state index in [4.69, 9.17) is 5.73 Å². The molecule has 1 nitrogen and oxygen atoms in total. The molecule has 18 heavy (non-hydrogen) atoms. The molecule has 0 atom stereocenters. The van der Waals surface area contributed by atoms with Crippen molar-refractivity contribution in [1.82, 2.24) is 0 Å². The largest absolute Gasteiger partial charge is 0.326 e. The Morgan fingerprint density at radius 3 is 2.44 bits per heavy atom. The van der Waals surface area contributed by atoms with Gasteiger partial charge in [-0.3, -0.25) is 0 Å². The molecule has 2 aromatic rings. The molecule has 0 radical (unpaired) electrons. The molecule has 94 valence electrons. The van der Waals surface area contributed by atoms with E-state index < -0.39 is 0 Å². The van der Waals surface area contributed by atoms with Crippen molar-refractivity contribution in [3.05, 3.63) is 59.2 Å². The second kappa shape index (κ2) is 5.36. The van der Waals surface area contributed by atoms with Crippen LogP contribution in [0.1, 0.15) is 36.5 Å². The fourth-order valence-corrected chi connectivity index (χ4v) is 2.22. The summed E-state index contributed by atoms with van der Waals surface area (Å²) in [6, 6.07) is 15.3. The van der Waals surface area contributed by atoms with E-state index >= 15 is 0 Å². The van der Waals surface area contributed by atoms with Crippen molar-refractivity contribution in [1.29, 1.82) is 0 Å². The molecule has 0 saturated carbocycles. The van der Waals surface area contributed by atoms with Gasteiger partial charge in [-0.2, -0.15) is 0 Å². The molecule has 0 fully saturated rings. The van der Waals surface area contributed by atoms with Crippen LogP contribution < -0.4 is 5.73 Å². The van der Waals surface area contributed by atoms with E-state index in [0.717, 1.165) is 0 Å². The summed E-state index contributed by atoms with van der Waals surface area (Å²) in [4.78, 5) is 0. The highest BCUT2D eigenvalue weighted by Gasteiger charge is 2.04. The van der Waals surface area contributed by atoms with Gasteiger partial charge in [0.05, 0.1) is 0 Å². The highest BCUT2D eigenvalue weighted by Crippen LogP contribution is 2.25. The van der Waals surface area contributed by atoms with Gasteiger partial charge in [-0.05, 0) is 41.2 Å². The van der Waals surface area contributed by atoms with Crippen molar-refractivity contribution >= 4 is 0 Å². The molecule has 0 bridgehead atoms. The van der Waals surface area contributed by atoms with Gasteiger partial charge in [-0.15, -0.1) is 0 Å². The minimum atomic E-state index is 0.559. The summed E-state index contributed by atoms with van der Waals surface area (Å²) in [6.45, 7) is 7.16. The summed E-state index contributed by atoms with van der Waals surface area (Å²) in [5, 5.41) is 0. The first-order valence-corrected chi connectivity index (χ1v) is 6.51. The van der Waals surface area contributed by atoms with Crippen molar-refractivity contribution in [3.63, 3.8) is 0 Å². The molecular formula is C17H21N. The van der Waals surface area contributed by atoms with Crippen molar-refractivity contribution in [2.75, 3.05) is 0 Å². The maximum atomic E-state index is 5.74. The van der Waals surface area contributed by atoms with Gasteiger partial charge in [0.15, 0.2) is 0 Å². The molecule has 0 amide bonds. The molecule has 0 aliphatic rings. The summed E-state index contributed by atoms with van der Waals surface area (Å²) in [7, 11) is 0. The number of benzene rings is 2. The Labute approximate surface area is 110 Å². The normalized spacial score (nSPS) is 10.9. The minimum absolute atomic E-state index is 0.559. The smallest absolute Gasteiger partial charge is 0.0178 e. The van der Waals surface area contributed by atoms with Crippen LogP contribution in [0.15, 0.2) is 42.5 Å². The summed E-state index contributed by atoms with van der Waals surface area (Å²) in [5.74, 6) is 0.559. The second-order valence-electron chi connectivity index (χ2n) is 5.19. The predicted molar refractivity (Wildman–Crippen MR) is 78.6 cm³/mol. The average molecular weight is 239 g/mol. The Balaban J connectivity index is 2.47. The zero-order valence-electron chi connectivity index (χ0n) is 11.4. The van der Waals surface area contributed by atoms with Gasteiger partial charge in [0.25, 0.3) is 0 Å². The number of nitrogens with two attached hydrogens (primary N) is 1. The zero-order chi connectivity index (χ0) is 13.1. The molecule has 0 heterocycles. The van der Waals surface area contributed by atoms with Crippen LogP contribution in [0.25, 0.3) is 11.1 Å². The first-order chi connectivity index (χ1) is 8.60. The fourth-order valence-electron chi connectivity index (χ4n) is 2.22. The van der Waals surface area contributed by atoms with Crippen molar-refractivity contribution in [2.45, 2.75) is 33.2 Å². The van der Waals surface area contributed by atoms with E-state index in [9.17, 15) is 0 Å². The third-order valence-corrected chi connectivity index (χ3v) is 3.26. The molecule has 2 aromatic carbocycles. The lowest BCUT2D eigenvalue weighted by Crippen LogP contribution is -1.97. The molecule has 0 spiro atoms. The van der Waals surface area contributed by atoms with E-state index in [1.807, 2.05) is 0 Å². The summed E-state index contributed by atoms with van der Waals surface area (Å²) in [5.41, 5.74) is 12.1. The maximum absolute atomic E-state index is 5.74. The summed E-state index contributed by atoms with van der Waals surface area (Å²) >= 11 is 0. The van der Waals surface area contributed by atoms with E-state index in [1.54, 1.807) is 0 Å². The Kier molecular flexibility index (Phi) is 3.83. The number of hydrogen-bond acceptors (Lipinski definition) is 1. The van der Waals surface area contributed by atoms with Gasteiger partial charge >= 0.3 is 0 Å². The molecule has 1 heteroatoms. The van der Waals surface area contributed by atoms with Gasteiger partial charge in [0, 0.05) is 6.54 Å². The fraction of sp³-hybridized carbons (Fsp3) is 0.294. The van der Waals surface area contributed by atoms with Crippen molar-refractivity contribution in [3.8, 4) is 11.1 Å². The Morgan fingerprint density at radius 2 is 1.78 bits per heavy atom. The SMILES string of the molecule is Cc1cc(CN)cc(-c2cccc(C(C)C)c2)c1. The lowest BCUT2D eigenvalue weighted by Gasteiger charge is -2.10. The standard InChI is InChI=1S/C17H21N/c1-12(2)15-5-4-6-16(10-15)17-8-13(3)7-14(9-17)11-18/h4-10,12H,11,18H2,1-3H3. The molecular weight excluding hydrogens is 218 g/mol. The Hall–Kier alpha value is -1.60. The van der Waals surface area contributed by atoms with E-state index in [0.29, 0.717) is 12.5 Å². The van der Waals surface area contributed by atoms with Gasteiger partial charge in [-0.25, -0.2) is 0 Å². The highest BCUT2D eigenvalue weighted by molar-refractivity contribution is 5.66. The third kappa shape index (κ3) is 2.80. The third-order valence-electron chi connectivity index (χ3n) is 3.26. The van der Waals surface area contributed by atoms with E-state index in [2.05, 4.69) is 63.2 Å². The van der Waals surface area contributed by atoms with Crippen LogP contribution in [0.2, 0.25) is 0 Å². The first kappa shape index (κ1) is 12.8. The van der Waals surface area contributed by atoms with Crippen LogP contribution in [0.3, 0.4) is 0 Å². The maximum Gasteiger partial charge on any atom is 0.0178 e. The first-order valence-electron chi connectivity index (χ1n) is 6.51. The van der Waals surface area contributed by atoms with E-state index in [-0.39, 0.29) is 0 Å². The predicted octanol–water partition coefficient (Wildman–Crippen LogP) is 4.24. The van der Waals surface area contributed by atoms with Crippen LogP contribution in [-0.4, -0.2) is 0 Å². The summed E-state index contributed by atoms with van der Waals surface area (Å²) < 4.78 is 0. The zero-order valence-corrected chi connectivity index (χ0v) is 11.4. The summed E-state index contributed by atoms with van der Waals surface area (Å²) in [6.07, 6.45) is 0.